The van der Waals surface area contributed by atoms with Crippen LogP contribution in [0.3, 0.4) is 0 Å². The van der Waals surface area contributed by atoms with Crippen LogP contribution in [0, 0.1) is 0 Å². The summed E-state index contributed by atoms with van der Waals surface area (Å²) in [4.78, 5) is 9.37. The summed E-state index contributed by atoms with van der Waals surface area (Å²) in [6.07, 6.45) is 7.76. The molecule has 0 saturated carbocycles. The van der Waals surface area contributed by atoms with Gasteiger partial charge < -0.3 is 19.3 Å². The van der Waals surface area contributed by atoms with Gasteiger partial charge in [-0.05, 0) is 42.5 Å². The lowest BCUT2D eigenvalue weighted by molar-refractivity contribution is 0.353. The number of benzene rings is 1. The maximum Gasteiger partial charge on any atom is 0.247 e. The van der Waals surface area contributed by atoms with Crippen molar-refractivity contribution in [2.45, 2.75) is 38.6 Å². The van der Waals surface area contributed by atoms with Gasteiger partial charge in [-0.2, -0.15) is 10.1 Å². The molecule has 3 heterocycles. The molecule has 1 aromatic heterocycles. The zero-order valence-corrected chi connectivity index (χ0v) is 16.1. The lowest BCUT2D eigenvalue weighted by Crippen LogP contribution is -2.33. The Morgan fingerprint density at radius 1 is 0.852 bits per heavy atom. The second kappa shape index (κ2) is 7.98. The van der Waals surface area contributed by atoms with Crippen LogP contribution in [0.5, 0.6) is 11.5 Å². The molecule has 1 fully saturated rings. The number of ether oxygens (including phenoxy) is 2. The molecule has 4 rings (SSSR count). The Kier molecular flexibility index (Phi) is 5.27. The summed E-state index contributed by atoms with van der Waals surface area (Å²) in [5, 5.41) is 8.55. The van der Waals surface area contributed by atoms with Crippen molar-refractivity contribution in [1.29, 1.82) is 0 Å². The molecule has 2 aromatic rings. The number of rotatable bonds is 4. The number of anilines is 2. The maximum absolute atomic E-state index is 5.46. The molecule has 0 unspecified atom stereocenters. The normalized spacial score (nSPS) is 17.3. The topological polar surface area (TPSA) is 63.6 Å². The minimum absolute atomic E-state index is 0.706. The van der Waals surface area contributed by atoms with Crippen LogP contribution < -0.4 is 19.3 Å². The molecule has 0 spiro atoms. The van der Waals surface area contributed by atoms with Crippen molar-refractivity contribution in [2.24, 2.45) is 0 Å². The second-order valence-electron chi connectivity index (χ2n) is 7.16. The summed E-state index contributed by atoms with van der Waals surface area (Å²) < 4.78 is 10.9. The second-order valence-corrected chi connectivity index (χ2v) is 7.16. The molecule has 2 aliphatic rings. The van der Waals surface area contributed by atoms with Crippen LogP contribution in [-0.4, -0.2) is 49.0 Å². The Balaban J connectivity index is 1.56. The third-order valence-electron chi connectivity index (χ3n) is 5.47. The first-order valence-electron chi connectivity index (χ1n) is 9.72. The predicted octanol–water partition coefficient (Wildman–Crippen LogP) is 2.83. The van der Waals surface area contributed by atoms with Gasteiger partial charge in [0.05, 0.1) is 20.4 Å². The van der Waals surface area contributed by atoms with Gasteiger partial charge in [0, 0.05) is 26.2 Å². The fraction of sp³-hybridized carbons (Fsp3) is 0.550. The Morgan fingerprint density at radius 3 is 2.26 bits per heavy atom. The fourth-order valence-corrected chi connectivity index (χ4v) is 3.93. The third-order valence-corrected chi connectivity index (χ3v) is 5.47. The molecule has 0 amide bonds. The number of hydrogen-bond acceptors (Lipinski definition) is 7. The zero-order valence-electron chi connectivity index (χ0n) is 16.1. The Labute approximate surface area is 160 Å². The summed E-state index contributed by atoms with van der Waals surface area (Å²) in [6, 6.07) is 4.14. The monoisotopic (exact) mass is 369 g/mol. The Bertz CT molecular complexity index is 790. The maximum atomic E-state index is 5.46. The lowest BCUT2D eigenvalue weighted by Gasteiger charge is -2.30. The Hall–Kier alpha value is -2.57. The molecular formula is C20H27N5O2. The largest absolute Gasteiger partial charge is 0.493 e. The highest BCUT2D eigenvalue weighted by Gasteiger charge is 2.22. The van der Waals surface area contributed by atoms with E-state index >= 15 is 0 Å². The molecule has 7 nitrogen and oxygen atoms in total. The van der Waals surface area contributed by atoms with Gasteiger partial charge in [0.25, 0.3) is 0 Å². The van der Waals surface area contributed by atoms with Gasteiger partial charge in [-0.15, -0.1) is 5.10 Å². The van der Waals surface area contributed by atoms with Crippen LogP contribution >= 0.6 is 0 Å². The van der Waals surface area contributed by atoms with E-state index in [9.17, 15) is 0 Å². The van der Waals surface area contributed by atoms with Crippen molar-refractivity contribution < 1.29 is 9.47 Å². The van der Waals surface area contributed by atoms with E-state index in [1.807, 2.05) is 0 Å². The van der Waals surface area contributed by atoms with Crippen LogP contribution in [0.2, 0.25) is 0 Å². The van der Waals surface area contributed by atoms with E-state index in [1.165, 1.54) is 36.8 Å². The fourth-order valence-electron chi connectivity index (χ4n) is 3.93. The van der Waals surface area contributed by atoms with Gasteiger partial charge in [0.15, 0.2) is 17.3 Å². The SMILES string of the molecule is COc1cc2c(cc1OC)CN(c1nncc(N3CCCCCC3)n1)CC2. The van der Waals surface area contributed by atoms with Crippen molar-refractivity contribution in [3.8, 4) is 11.5 Å². The van der Waals surface area contributed by atoms with Crippen molar-refractivity contribution in [2.75, 3.05) is 43.7 Å². The number of hydrogen-bond donors (Lipinski definition) is 0. The number of aromatic nitrogens is 3. The highest BCUT2D eigenvalue weighted by molar-refractivity contribution is 5.51. The first-order chi connectivity index (χ1) is 13.3. The van der Waals surface area contributed by atoms with E-state index in [0.717, 1.165) is 49.9 Å². The summed E-state index contributed by atoms with van der Waals surface area (Å²) in [5.41, 5.74) is 2.52. The summed E-state index contributed by atoms with van der Waals surface area (Å²) >= 11 is 0. The van der Waals surface area contributed by atoms with E-state index in [1.54, 1.807) is 20.4 Å². The molecule has 0 radical (unpaired) electrons. The molecule has 2 aliphatic heterocycles. The average molecular weight is 369 g/mol. The minimum Gasteiger partial charge on any atom is -0.493 e. The number of nitrogens with zero attached hydrogens (tertiary/aromatic N) is 5. The number of fused-ring (bicyclic) bond motifs is 1. The molecule has 0 bridgehead atoms. The van der Waals surface area contributed by atoms with Gasteiger partial charge in [-0.1, -0.05) is 12.8 Å². The summed E-state index contributed by atoms with van der Waals surface area (Å²) in [7, 11) is 3.34. The van der Waals surface area contributed by atoms with Crippen molar-refractivity contribution in [1.82, 2.24) is 15.2 Å². The first-order valence-corrected chi connectivity index (χ1v) is 9.72. The first kappa shape index (κ1) is 17.8. The molecule has 1 saturated heterocycles. The Morgan fingerprint density at radius 2 is 1.56 bits per heavy atom. The molecule has 27 heavy (non-hydrogen) atoms. The summed E-state index contributed by atoms with van der Waals surface area (Å²) in [6.45, 7) is 3.73. The van der Waals surface area contributed by atoms with Crippen LogP contribution in [0.1, 0.15) is 36.8 Å². The quantitative estimate of drug-likeness (QED) is 0.821. The minimum atomic E-state index is 0.706. The van der Waals surface area contributed by atoms with Gasteiger partial charge in [0.2, 0.25) is 5.95 Å². The van der Waals surface area contributed by atoms with Crippen molar-refractivity contribution in [3.63, 3.8) is 0 Å². The third kappa shape index (κ3) is 3.77. The number of methoxy groups -OCH3 is 2. The molecular weight excluding hydrogens is 342 g/mol. The van der Waals surface area contributed by atoms with E-state index in [-0.39, 0.29) is 0 Å². The van der Waals surface area contributed by atoms with Crippen LogP contribution in [-0.2, 0) is 13.0 Å². The van der Waals surface area contributed by atoms with E-state index in [2.05, 4.69) is 32.1 Å². The van der Waals surface area contributed by atoms with E-state index in [0.29, 0.717) is 5.95 Å². The molecule has 7 heteroatoms. The van der Waals surface area contributed by atoms with Crippen molar-refractivity contribution >= 4 is 11.8 Å². The van der Waals surface area contributed by atoms with Gasteiger partial charge in [-0.25, -0.2) is 0 Å². The standard InChI is InChI=1S/C20H27N5O2/c1-26-17-11-15-7-10-25(14-16(15)12-18(17)27-2)20-22-19(13-21-23-20)24-8-5-3-4-6-9-24/h11-13H,3-10,14H2,1-2H3. The molecule has 0 aliphatic carbocycles. The smallest absolute Gasteiger partial charge is 0.247 e. The molecule has 144 valence electrons. The molecule has 0 N–H and O–H groups in total. The van der Waals surface area contributed by atoms with Crippen LogP contribution in [0.4, 0.5) is 11.8 Å². The highest BCUT2D eigenvalue weighted by atomic mass is 16.5. The van der Waals surface area contributed by atoms with E-state index < -0.39 is 0 Å². The van der Waals surface area contributed by atoms with Crippen LogP contribution in [0.15, 0.2) is 18.3 Å². The zero-order chi connectivity index (χ0) is 18.6. The summed E-state index contributed by atoms with van der Waals surface area (Å²) in [5.74, 6) is 3.19. The average Bonchev–Trinajstić information content (AvgIpc) is 3.02. The lowest BCUT2D eigenvalue weighted by atomic mass is 9.99. The predicted molar refractivity (Wildman–Crippen MR) is 105 cm³/mol. The van der Waals surface area contributed by atoms with Crippen LogP contribution in [0.25, 0.3) is 0 Å². The van der Waals surface area contributed by atoms with Gasteiger partial charge in [-0.3, -0.25) is 0 Å². The molecule has 0 atom stereocenters. The molecule has 1 aromatic carbocycles. The highest BCUT2D eigenvalue weighted by Crippen LogP contribution is 2.34. The van der Waals surface area contributed by atoms with Gasteiger partial charge >= 0.3 is 0 Å². The van der Waals surface area contributed by atoms with Gasteiger partial charge in [0.1, 0.15) is 0 Å². The van der Waals surface area contributed by atoms with Crippen molar-refractivity contribution in [3.05, 3.63) is 29.5 Å². The van der Waals surface area contributed by atoms with E-state index in [4.69, 9.17) is 14.5 Å².